The van der Waals surface area contributed by atoms with Crippen LogP contribution < -0.4 is 0 Å². The lowest BCUT2D eigenvalue weighted by Crippen LogP contribution is -2.40. The molecule has 0 saturated carbocycles. The van der Waals surface area contributed by atoms with Crippen LogP contribution in [0.5, 0.6) is 0 Å². The first kappa shape index (κ1) is 15.4. The molecule has 1 aliphatic rings. The van der Waals surface area contributed by atoms with Crippen LogP contribution in [0, 0.1) is 5.82 Å². The van der Waals surface area contributed by atoms with Crippen molar-refractivity contribution in [3.63, 3.8) is 0 Å². The molecule has 1 aliphatic heterocycles. The Morgan fingerprint density at radius 1 is 1.43 bits per heavy atom. The Morgan fingerprint density at radius 3 is 2.91 bits per heavy atom. The number of hydrogen-bond donors (Lipinski definition) is 1. The van der Waals surface area contributed by atoms with E-state index in [-0.39, 0.29) is 24.6 Å². The summed E-state index contributed by atoms with van der Waals surface area (Å²) >= 11 is 0. The lowest BCUT2D eigenvalue weighted by Gasteiger charge is -2.21. The molecule has 1 amide bonds. The zero-order chi connectivity index (χ0) is 16.6. The lowest BCUT2D eigenvalue weighted by molar-refractivity contribution is -0.141. The van der Waals surface area contributed by atoms with E-state index in [0.717, 1.165) is 6.07 Å². The van der Waals surface area contributed by atoms with Crippen LogP contribution in [0.4, 0.5) is 4.39 Å². The summed E-state index contributed by atoms with van der Waals surface area (Å²) in [6.07, 6.45) is 1.36. The Hall–Kier alpha value is -2.54. The van der Waals surface area contributed by atoms with Crippen LogP contribution >= 0.6 is 0 Å². The van der Waals surface area contributed by atoms with Crippen LogP contribution in [0.1, 0.15) is 16.8 Å². The first-order chi connectivity index (χ1) is 11.0. The van der Waals surface area contributed by atoms with Gasteiger partial charge in [0.2, 0.25) is 0 Å². The molecule has 7 heteroatoms. The Balaban J connectivity index is 2.04. The van der Waals surface area contributed by atoms with Crippen LogP contribution in [0.2, 0.25) is 0 Å². The molecule has 1 aromatic carbocycles. The zero-order valence-corrected chi connectivity index (χ0v) is 12.4. The number of carbonyl (C=O) groups excluding carboxylic acids is 1. The van der Waals surface area contributed by atoms with Gasteiger partial charge in [-0.3, -0.25) is 9.78 Å². The number of amides is 1. The quantitative estimate of drug-likeness (QED) is 0.931. The number of aromatic nitrogens is 1. The molecule has 1 aromatic heterocycles. The van der Waals surface area contributed by atoms with Gasteiger partial charge in [0.05, 0.1) is 17.2 Å². The number of pyridine rings is 1. The maximum atomic E-state index is 13.8. The maximum Gasteiger partial charge on any atom is 0.326 e. The van der Waals surface area contributed by atoms with E-state index in [1.54, 1.807) is 12.1 Å². The number of carboxylic acids is 1. The third kappa shape index (κ3) is 2.75. The van der Waals surface area contributed by atoms with E-state index in [0.29, 0.717) is 10.9 Å². The number of nitrogens with zero attached hydrogens (tertiary/aromatic N) is 2. The molecule has 2 unspecified atom stereocenters. The number of methoxy groups -OCH3 is 1. The molecule has 120 valence electrons. The molecule has 0 aliphatic carbocycles. The molecule has 0 bridgehead atoms. The largest absolute Gasteiger partial charge is 0.480 e. The van der Waals surface area contributed by atoms with Gasteiger partial charge in [-0.15, -0.1) is 0 Å². The van der Waals surface area contributed by atoms with Crippen LogP contribution in [-0.4, -0.2) is 52.7 Å². The monoisotopic (exact) mass is 318 g/mol. The number of halogens is 1. The number of hydrogen-bond acceptors (Lipinski definition) is 4. The maximum absolute atomic E-state index is 13.8. The molecule has 2 aromatic rings. The molecule has 2 heterocycles. The molecule has 0 spiro atoms. The zero-order valence-electron chi connectivity index (χ0n) is 12.4. The Bertz CT molecular complexity index is 780. The van der Waals surface area contributed by atoms with Crippen LogP contribution in [0.15, 0.2) is 30.5 Å². The van der Waals surface area contributed by atoms with Crippen molar-refractivity contribution in [3.8, 4) is 0 Å². The molecule has 1 N–H and O–H groups in total. The predicted octanol–water partition coefficient (Wildman–Crippen LogP) is 1.69. The average molecular weight is 318 g/mol. The van der Waals surface area contributed by atoms with E-state index in [2.05, 4.69) is 4.98 Å². The molecule has 23 heavy (non-hydrogen) atoms. The van der Waals surface area contributed by atoms with E-state index in [9.17, 15) is 19.1 Å². The van der Waals surface area contributed by atoms with E-state index in [4.69, 9.17) is 4.74 Å². The summed E-state index contributed by atoms with van der Waals surface area (Å²) in [7, 11) is 1.47. The summed E-state index contributed by atoms with van der Waals surface area (Å²) in [5.74, 6) is -2.23. The van der Waals surface area contributed by atoms with Gasteiger partial charge in [0, 0.05) is 31.7 Å². The highest BCUT2D eigenvalue weighted by atomic mass is 19.1. The number of fused-ring (bicyclic) bond motifs is 1. The van der Waals surface area contributed by atoms with Gasteiger partial charge in [-0.1, -0.05) is 6.07 Å². The number of carboxylic acid groups (broad SMARTS) is 1. The van der Waals surface area contributed by atoms with Crippen molar-refractivity contribution in [1.29, 1.82) is 0 Å². The standard InChI is InChI=1S/C16H15FN2O4/c1-23-11-7-13(16(21)22)19(8-11)15(20)12-6-10(17)5-9-3-2-4-18-14(9)12/h2-6,11,13H,7-8H2,1H3,(H,21,22). The molecule has 1 fully saturated rings. The molecule has 3 rings (SSSR count). The highest BCUT2D eigenvalue weighted by molar-refractivity contribution is 6.06. The van der Waals surface area contributed by atoms with Gasteiger partial charge in [0.25, 0.3) is 5.91 Å². The van der Waals surface area contributed by atoms with Gasteiger partial charge in [0.15, 0.2) is 0 Å². The van der Waals surface area contributed by atoms with Crippen molar-refractivity contribution in [3.05, 3.63) is 41.8 Å². The number of carbonyl (C=O) groups is 2. The SMILES string of the molecule is COC1CC(C(=O)O)N(C(=O)c2cc(F)cc3cccnc23)C1. The smallest absolute Gasteiger partial charge is 0.326 e. The van der Waals surface area contributed by atoms with E-state index in [1.165, 1.54) is 24.3 Å². The van der Waals surface area contributed by atoms with E-state index in [1.807, 2.05) is 0 Å². The molecular weight excluding hydrogens is 303 g/mol. The second-order valence-corrected chi connectivity index (χ2v) is 5.43. The van der Waals surface area contributed by atoms with E-state index < -0.39 is 23.7 Å². The third-order valence-corrected chi connectivity index (χ3v) is 4.04. The summed E-state index contributed by atoms with van der Waals surface area (Å²) in [6.45, 7) is 0.150. The normalized spacial score (nSPS) is 20.9. The Kier molecular flexibility index (Phi) is 3.96. The molecular formula is C16H15FN2O4. The summed E-state index contributed by atoms with van der Waals surface area (Å²) in [4.78, 5) is 29.5. The minimum Gasteiger partial charge on any atom is -0.480 e. The Labute approximate surface area is 131 Å². The van der Waals surface area contributed by atoms with Crippen LogP contribution in [-0.2, 0) is 9.53 Å². The number of likely N-dealkylation sites (tertiary alicyclic amines) is 1. The number of aliphatic carboxylic acids is 1. The molecule has 1 saturated heterocycles. The minimum atomic E-state index is -1.11. The van der Waals surface area contributed by atoms with Crippen molar-refractivity contribution < 1.29 is 23.8 Å². The van der Waals surface area contributed by atoms with E-state index >= 15 is 0 Å². The van der Waals surface area contributed by atoms with Crippen molar-refractivity contribution in [2.75, 3.05) is 13.7 Å². The van der Waals surface area contributed by atoms with Crippen LogP contribution in [0.25, 0.3) is 10.9 Å². The van der Waals surface area contributed by atoms with Crippen LogP contribution in [0.3, 0.4) is 0 Å². The fourth-order valence-electron chi connectivity index (χ4n) is 2.90. The van der Waals surface area contributed by atoms with Crippen molar-refractivity contribution >= 4 is 22.8 Å². The highest BCUT2D eigenvalue weighted by Crippen LogP contribution is 2.26. The van der Waals surface area contributed by atoms with Gasteiger partial charge < -0.3 is 14.7 Å². The predicted molar refractivity (Wildman–Crippen MR) is 79.6 cm³/mol. The first-order valence-electron chi connectivity index (χ1n) is 7.12. The number of ether oxygens (including phenoxy) is 1. The van der Waals surface area contributed by atoms with Gasteiger partial charge in [0.1, 0.15) is 11.9 Å². The number of rotatable bonds is 3. The molecule has 6 nitrogen and oxygen atoms in total. The summed E-state index contributed by atoms with van der Waals surface area (Å²) in [6, 6.07) is 4.69. The summed E-state index contributed by atoms with van der Waals surface area (Å²) < 4.78 is 19.0. The fourth-order valence-corrected chi connectivity index (χ4v) is 2.90. The van der Waals surface area contributed by atoms with Gasteiger partial charge >= 0.3 is 5.97 Å². The van der Waals surface area contributed by atoms with Gasteiger partial charge in [-0.05, 0) is 18.2 Å². The second kappa shape index (κ2) is 5.92. The highest BCUT2D eigenvalue weighted by Gasteiger charge is 2.40. The van der Waals surface area contributed by atoms with Crippen molar-refractivity contribution in [1.82, 2.24) is 9.88 Å². The third-order valence-electron chi connectivity index (χ3n) is 4.04. The first-order valence-corrected chi connectivity index (χ1v) is 7.12. The van der Waals surface area contributed by atoms with Crippen molar-refractivity contribution in [2.24, 2.45) is 0 Å². The minimum absolute atomic E-state index is 0.0589. The summed E-state index contributed by atoms with van der Waals surface area (Å²) in [5, 5.41) is 9.81. The topological polar surface area (TPSA) is 79.7 Å². The second-order valence-electron chi connectivity index (χ2n) is 5.43. The van der Waals surface area contributed by atoms with Gasteiger partial charge in [-0.25, -0.2) is 9.18 Å². The fraction of sp³-hybridized carbons (Fsp3) is 0.312. The Morgan fingerprint density at radius 2 is 2.22 bits per heavy atom. The lowest BCUT2D eigenvalue weighted by atomic mass is 10.1. The molecule has 0 radical (unpaired) electrons. The average Bonchev–Trinajstić information content (AvgIpc) is 2.98. The number of benzene rings is 1. The molecule has 2 atom stereocenters. The van der Waals surface area contributed by atoms with Gasteiger partial charge in [-0.2, -0.15) is 0 Å². The summed E-state index contributed by atoms with van der Waals surface area (Å²) in [5.41, 5.74) is 0.410. The van der Waals surface area contributed by atoms with Crippen molar-refractivity contribution in [2.45, 2.75) is 18.6 Å².